The predicted octanol–water partition coefficient (Wildman–Crippen LogP) is 2.05. The van der Waals surface area contributed by atoms with Gasteiger partial charge in [0.25, 0.3) is 0 Å². The van der Waals surface area contributed by atoms with Crippen LogP contribution in [-0.4, -0.2) is 31.1 Å². The van der Waals surface area contributed by atoms with Crippen LogP contribution in [0.25, 0.3) is 16.7 Å². The molecule has 0 unspecified atom stereocenters. The Morgan fingerprint density at radius 1 is 1.00 bits per heavy atom. The Morgan fingerprint density at radius 3 is 2.48 bits per heavy atom. The summed E-state index contributed by atoms with van der Waals surface area (Å²) in [6.07, 6.45) is 1.68. The number of fused-ring (bicyclic) bond motifs is 1. The number of nitrogens with zero attached hydrogens (tertiary/aromatic N) is 5. The van der Waals surface area contributed by atoms with Gasteiger partial charge in [-0.05, 0) is 41.6 Å². The molecule has 4 aromatic rings. The van der Waals surface area contributed by atoms with Gasteiger partial charge in [-0.25, -0.2) is 4.68 Å². The molecule has 0 aliphatic carbocycles. The molecule has 8 nitrogen and oxygen atoms in total. The highest BCUT2D eigenvalue weighted by Crippen LogP contribution is 2.24. The first-order valence-electron chi connectivity index (χ1n) is 7.52. The van der Waals surface area contributed by atoms with Crippen LogP contribution in [0.3, 0.4) is 0 Å². The van der Waals surface area contributed by atoms with Crippen LogP contribution in [0.4, 0.5) is 11.5 Å². The molecular formula is C17H13N7O. The zero-order valence-electron chi connectivity index (χ0n) is 13.0. The van der Waals surface area contributed by atoms with Crippen LogP contribution >= 0.6 is 0 Å². The molecule has 25 heavy (non-hydrogen) atoms. The van der Waals surface area contributed by atoms with Crippen molar-refractivity contribution in [1.29, 1.82) is 0 Å². The molecule has 0 saturated heterocycles. The predicted molar refractivity (Wildman–Crippen MR) is 92.7 cm³/mol. The molecule has 0 aliphatic heterocycles. The molecule has 8 heteroatoms. The summed E-state index contributed by atoms with van der Waals surface area (Å²) in [5.74, 6) is 0.0563. The van der Waals surface area contributed by atoms with Crippen molar-refractivity contribution in [3.63, 3.8) is 0 Å². The van der Waals surface area contributed by atoms with E-state index in [4.69, 9.17) is 5.73 Å². The van der Waals surface area contributed by atoms with E-state index in [0.29, 0.717) is 17.0 Å². The second-order valence-electron chi connectivity index (χ2n) is 5.33. The molecule has 4 rings (SSSR count). The lowest BCUT2D eigenvalue weighted by atomic mass is 10.2. The first-order valence-corrected chi connectivity index (χ1v) is 7.52. The molecule has 0 bridgehead atoms. The summed E-state index contributed by atoms with van der Waals surface area (Å²) in [7, 11) is 0. The highest BCUT2D eigenvalue weighted by molar-refractivity contribution is 5.93. The van der Waals surface area contributed by atoms with E-state index in [0.717, 1.165) is 16.8 Å². The molecule has 0 radical (unpaired) electrons. The van der Waals surface area contributed by atoms with Crippen molar-refractivity contribution in [3.05, 3.63) is 66.4 Å². The topological polar surface area (TPSA) is 112 Å². The molecule has 122 valence electrons. The van der Waals surface area contributed by atoms with E-state index in [9.17, 15) is 4.79 Å². The van der Waals surface area contributed by atoms with Crippen LogP contribution in [-0.2, 0) is 0 Å². The maximum atomic E-state index is 11.1. The van der Waals surface area contributed by atoms with Gasteiger partial charge in [0.2, 0.25) is 5.91 Å². The van der Waals surface area contributed by atoms with E-state index in [1.54, 1.807) is 35.1 Å². The number of rotatable bonds is 4. The first-order chi connectivity index (χ1) is 12.2. The quantitative estimate of drug-likeness (QED) is 0.592. The Labute approximate surface area is 142 Å². The molecule has 2 aromatic carbocycles. The Bertz CT molecular complexity index is 1040. The van der Waals surface area contributed by atoms with E-state index < -0.39 is 5.91 Å². The summed E-state index contributed by atoms with van der Waals surface area (Å²) < 4.78 is 1.70. The summed E-state index contributed by atoms with van der Waals surface area (Å²) in [4.78, 5) is 11.1. The molecule has 0 aliphatic rings. The number of anilines is 2. The molecule has 0 fully saturated rings. The second-order valence-corrected chi connectivity index (χ2v) is 5.33. The number of hydrogen-bond donors (Lipinski definition) is 2. The van der Waals surface area contributed by atoms with Gasteiger partial charge in [-0.15, -0.1) is 10.2 Å². The smallest absolute Gasteiger partial charge is 0.248 e. The first kappa shape index (κ1) is 14.8. The third kappa shape index (κ3) is 2.76. The number of amides is 1. The maximum absolute atomic E-state index is 11.1. The SMILES string of the molecule is NC(=O)c1ccc(Nc2nnnc3c2cnn3-c2ccccc2)cc1. The summed E-state index contributed by atoms with van der Waals surface area (Å²) in [6.45, 7) is 0. The van der Waals surface area contributed by atoms with Gasteiger partial charge < -0.3 is 11.1 Å². The van der Waals surface area contributed by atoms with Crippen LogP contribution < -0.4 is 11.1 Å². The van der Waals surface area contributed by atoms with Crippen LogP contribution in [0.15, 0.2) is 60.8 Å². The summed E-state index contributed by atoms with van der Waals surface area (Å²) in [5, 5.41) is 20.2. The lowest BCUT2D eigenvalue weighted by Crippen LogP contribution is -2.10. The third-order valence-corrected chi connectivity index (χ3v) is 3.72. The Morgan fingerprint density at radius 2 is 1.76 bits per heavy atom. The fourth-order valence-electron chi connectivity index (χ4n) is 2.47. The summed E-state index contributed by atoms with van der Waals surface area (Å²) in [6, 6.07) is 16.4. The van der Waals surface area contributed by atoms with Crippen molar-refractivity contribution < 1.29 is 4.79 Å². The fourth-order valence-corrected chi connectivity index (χ4v) is 2.47. The number of nitrogens with one attached hydrogen (secondary N) is 1. The zero-order valence-corrected chi connectivity index (χ0v) is 13.0. The van der Waals surface area contributed by atoms with Gasteiger partial charge in [0.05, 0.1) is 17.3 Å². The van der Waals surface area contributed by atoms with Gasteiger partial charge in [0, 0.05) is 11.3 Å². The van der Waals surface area contributed by atoms with Gasteiger partial charge in [-0.3, -0.25) is 4.79 Å². The van der Waals surface area contributed by atoms with Crippen molar-refractivity contribution in [1.82, 2.24) is 25.2 Å². The van der Waals surface area contributed by atoms with Gasteiger partial charge in [-0.2, -0.15) is 5.10 Å². The lowest BCUT2D eigenvalue weighted by Gasteiger charge is -2.06. The van der Waals surface area contributed by atoms with E-state index in [1.165, 1.54) is 0 Å². The number of benzene rings is 2. The van der Waals surface area contributed by atoms with E-state index in [2.05, 4.69) is 25.8 Å². The number of hydrogen-bond acceptors (Lipinski definition) is 6. The molecular weight excluding hydrogens is 318 g/mol. The van der Waals surface area contributed by atoms with Crippen LogP contribution in [0.1, 0.15) is 10.4 Å². The summed E-state index contributed by atoms with van der Waals surface area (Å²) >= 11 is 0. The number of aromatic nitrogens is 5. The molecule has 3 N–H and O–H groups in total. The van der Waals surface area contributed by atoms with Crippen LogP contribution in [0.2, 0.25) is 0 Å². The fraction of sp³-hybridized carbons (Fsp3) is 0. The molecule has 2 heterocycles. The summed E-state index contributed by atoms with van der Waals surface area (Å²) in [5.41, 5.74) is 7.91. The second kappa shape index (κ2) is 6.00. The molecule has 0 saturated carbocycles. The average Bonchev–Trinajstić information content (AvgIpc) is 3.08. The lowest BCUT2D eigenvalue weighted by molar-refractivity contribution is 0.100. The zero-order chi connectivity index (χ0) is 17.2. The minimum atomic E-state index is -0.471. The largest absolute Gasteiger partial charge is 0.366 e. The molecule has 0 atom stereocenters. The minimum Gasteiger partial charge on any atom is -0.366 e. The van der Waals surface area contributed by atoms with E-state index in [1.807, 2.05) is 30.3 Å². The third-order valence-electron chi connectivity index (χ3n) is 3.72. The van der Waals surface area contributed by atoms with Gasteiger partial charge in [0.1, 0.15) is 0 Å². The Kier molecular flexibility index (Phi) is 3.55. The maximum Gasteiger partial charge on any atom is 0.248 e. The number of nitrogens with two attached hydrogens (primary N) is 1. The minimum absolute atomic E-state index is 0.438. The van der Waals surface area contributed by atoms with Crippen molar-refractivity contribution >= 4 is 28.4 Å². The van der Waals surface area contributed by atoms with Crippen LogP contribution in [0.5, 0.6) is 0 Å². The van der Waals surface area contributed by atoms with Crippen LogP contribution in [0, 0.1) is 0 Å². The number of primary amides is 1. The van der Waals surface area contributed by atoms with Crippen molar-refractivity contribution in [2.24, 2.45) is 5.73 Å². The number of carbonyl (C=O) groups is 1. The Balaban J connectivity index is 1.71. The van der Waals surface area contributed by atoms with Crippen molar-refractivity contribution in [3.8, 4) is 5.69 Å². The number of para-hydroxylation sites is 1. The monoisotopic (exact) mass is 331 g/mol. The normalized spacial score (nSPS) is 10.7. The molecule has 1 amide bonds. The highest BCUT2D eigenvalue weighted by atomic mass is 16.1. The van der Waals surface area contributed by atoms with Crippen molar-refractivity contribution in [2.75, 3.05) is 5.32 Å². The molecule has 2 aromatic heterocycles. The number of carbonyl (C=O) groups excluding carboxylic acids is 1. The standard InChI is InChI=1S/C17H13N7O/c18-15(25)11-6-8-12(9-7-11)20-16-14-10-19-24(17(14)22-23-21-16)13-4-2-1-3-5-13/h1-10H,(H2,18,25)(H,20,21,22). The van der Waals surface area contributed by atoms with Gasteiger partial charge >= 0.3 is 0 Å². The van der Waals surface area contributed by atoms with E-state index in [-0.39, 0.29) is 0 Å². The molecule has 0 spiro atoms. The van der Waals surface area contributed by atoms with Gasteiger partial charge in [0.15, 0.2) is 11.5 Å². The average molecular weight is 331 g/mol. The highest BCUT2D eigenvalue weighted by Gasteiger charge is 2.12. The Hall–Kier alpha value is -3.81. The van der Waals surface area contributed by atoms with Crippen molar-refractivity contribution in [2.45, 2.75) is 0 Å². The van der Waals surface area contributed by atoms with E-state index >= 15 is 0 Å². The van der Waals surface area contributed by atoms with Gasteiger partial charge in [-0.1, -0.05) is 18.2 Å².